The summed E-state index contributed by atoms with van der Waals surface area (Å²) in [4.78, 5) is 33.6. The number of fused-ring (bicyclic) bond motifs is 2. The van der Waals surface area contributed by atoms with Crippen molar-refractivity contribution in [2.24, 2.45) is 4.99 Å². The van der Waals surface area contributed by atoms with Gasteiger partial charge in [0, 0.05) is 11.1 Å². The summed E-state index contributed by atoms with van der Waals surface area (Å²) in [5, 5.41) is 1.97. The van der Waals surface area contributed by atoms with Crippen LogP contribution in [0.15, 0.2) is 106 Å². The van der Waals surface area contributed by atoms with E-state index in [4.69, 9.17) is 23.9 Å². The van der Waals surface area contributed by atoms with Gasteiger partial charge in [-0.3, -0.25) is 9.36 Å². The van der Waals surface area contributed by atoms with Crippen LogP contribution in [0.1, 0.15) is 49.4 Å². The topological polar surface area (TPSA) is 88.4 Å². The Bertz CT molecular complexity index is 2150. The van der Waals surface area contributed by atoms with Gasteiger partial charge in [0.1, 0.15) is 29.9 Å². The summed E-state index contributed by atoms with van der Waals surface area (Å²) in [6, 6.07) is 26.4. The number of hydrogen-bond donors (Lipinski definition) is 0. The van der Waals surface area contributed by atoms with Crippen LogP contribution in [0.4, 0.5) is 0 Å². The van der Waals surface area contributed by atoms with E-state index in [-0.39, 0.29) is 12.2 Å². The molecule has 1 aromatic heterocycles. The van der Waals surface area contributed by atoms with Crippen molar-refractivity contribution in [1.82, 2.24) is 4.57 Å². The first kappa shape index (κ1) is 31.8. The number of allylic oxidation sites excluding steroid dienone is 1. The van der Waals surface area contributed by atoms with Crippen LogP contribution in [0.5, 0.6) is 17.2 Å². The Kier molecular flexibility index (Phi) is 9.54. The fraction of sp³-hybridized carbons (Fsp3) is 0.237. The van der Waals surface area contributed by atoms with Crippen LogP contribution >= 0.6 is 11.3 Å². The van der Waals surface area contributed by atoms with Crippen molar-refractivity contribution < 1.29 is 23.7 Å². The van der Waals surface area contributed by atoms with Crippen molar-refractivity contribution >= 4 is 34.2 Å². The Balaban J connectivity index is 1.60. The van der Waals surface area contributed by atoms with E-state index in [2.05, 4.69) is 0 Å². The maximum Gasteiger partial charge on any atom is 0.338 e. The zero-order valence-electron chi connectivity index (χ0n) is 26.8. The third-order valence-corrected chi connectivity index (χ3v) is 9.05. The average molecular weight is 649 g/mol. The number of aromatic nitrogens is 1. The summed E-state index contributed by atoms with van der Waals surface area (Å²) in [6.07, 6.45) is 3.15. The lowest BCUT2D eigenvalue weighted by Gasteiger charge is -2.27. The number of carbonyl (C=O) groups excluding carboxylic acids is 1. The van der Waals surface area contributed by atoms with Crippen molar-refractivity contribution in [3.8, 4) is 17.2 Å². The zero-order chi connectivity index (χ0) is 32.9. The molecule has 4 aromatic carbocycles. The van der Waals surface area contributed by atoms with E-state index in [0.717, 1.165) is 28.3 Å². The average Bonchev–Trinajstić information content (AvgIpc) is 3.41. The first-order valence-corrected chi connectivity index (χ1v) is 16.4. The molecule has 0 N–H and O–H groups in total. The lowest BCUT2D eigenvalue weighted by molar-refractivity contribution is -0.139. The highest BCUT2D eigenvalue weighted by Crippen LogP contribution is 2.39. The quantitative estimate of drug-likeness (QED) is 0.156. The number of hydrogen-bond acceptors (Lipinski definition) is 8. The summed E-state index contributed by atoms with van der Waals surface area (Å²) in [7, 11) is 3.14. The molecule has 0 bridgehead atoms. The summed E-state index contributed by atoms with van der Waals surface area (Å²) in [5.41, 5.74) is 3.04. The number of ether oxygens (including phenoxy) is 4. The van der Waals surface area contributed by atoms with Crippen LogP contribution in [0.2, 0.25) is 0 Å². The normalized spacial score (nSPS) is 14.5. The first-order valence-electron chi connectivity index (χ1n) is 15.6. The predicted octanol–water partition coefficient (Wildman–Crippen LogP) is 6.33. The molecule has 1 aliphatic rings. The molecular formula is C38H36N2O6S. The second kappa shape index (κ2) is 14.1. The third kappa shape index (κ3) is 6.31. The highest BCUT2D eigenvalue weighted by Gasteiger charge is 2.36. The maximum atomic E-state index is 14.6. The minimum absolute atomic E-state index is 0.182. The minimum atomic E-state index is -0.847. The standard InChI is InChI=1S/C38H36N2O6S/c1-5-12-30-34(37(42)45-6-2)35(29-21-26(43-3)18-20-31(29)44-4)40-36(41)33(47-38(40)39-30)22-28-27-16-11-10-15-25(27)17-19-32(28)46-23-24-13-8-7-9-14-24/h7-11,13-22,35H,5-6,12,23H2,1-4H3/b33-22-/t35-/m0/s1. The fourth-order valence-electron chi connectivity index (χ4n) is 5.89. The monoisotopic (exact) mass is 648 g/mol. The summed E-state index contributed by atoms with van der Waals surface area (Å²) >= 11 is 1.28. The molecule has 0 saturated heterocycles. The van der Waals surface area contributed by atoms with Crippen LogP contribution in [-0.4, -0.2) is 31.4 Å². The largest absolute Gasteiger partial charge is 0.497 e. The molecule has 0 amide bonds. The molecule has 1 atom stereocenters. The summed E-state index contributed by atoms with van der Waals surface area (Å²) in [5.74, 6) is 1.21. The number of methoxy groups -OCH3 is 2. The molecule has 0 unspecified atom stereocenters. The van der Waals surface area contributed by atoms with E-state index in [1.807, 2.05) is 79.7 Å². The van der Waals surface area contributed by atoms with Gasteiger partial charge in [0.25, 0.3) is 5.56 Å². The highest BCUT2D eigenvalue weighted by molar-refractivity contribution is 7.07. The van der Waals surface area contributed by atoms with Gasteiger partial charge >= 0.3 is 5.97 Å². The van der Waals surface area contributed by atoms with Gasteiger partial charge in [-0.25, -0.2) is 9.79 Å². The number of nitrogens with zero attached hydrogens (tertiary/aromatic N) is 2. The molecule has 47 heavy (non-hydrogen) atoms. The van der Waals surface area contributed by atoms with Gasteiger partial charge in [-0.2, -0.15) is 0 Å². The number of thiazole rings is 1. The van der Waals surface area contributed by atoms with Crippen molar-refractivity contribution in [1.29, 1.82) is 0 Å². The summed E-state index contributed by atoms with van der Waals surface area (Å²) in [6.45, 7) is 4.34. The van der Waals surface area contributed by atoms with Gasteiger partial charge in [-0.1, -0.05) is 85.3 Å². The second-order valence-corrected chi connectivity index (χ2v) is 12.0. The highest BCUT2D eigenvalue weighted by atomic mass is 32.1. The van der Waals surface area contributed by atoms with E-state index >= 15 is 0 Å². The Morgan fingerprint density at radius 2 is 1.70 bits per heavy atom. The number of benzene rings is 4. The molecule has 240 valence electrons. The molecule has 0 radical (unpaired) electrons. The molecule has 5 aromatic rings. The van der Waals surface area contributed by atoms with Gasteiger partial charge in [-0.05, 0) is 60.0 Å². The zero-order valence-corrected chi connectivity index (χ0v) is 27.6. The second-order valence-electron chi connectivity index (χ2n) is 11.0. The Hall–Kier alpha value is -5.15. The third-order valence-electron chi connectivity index (χ3n) is 8.07. The van der Waals surface area contributed by atoms with Crippen LogP contribution in [0.25, 0.3) is 16.8 Å². The number of esters is 1. The predicted molar refractivity (Wildman–Crippen MR) is 184 cm³/mol. The van der Waals surface area contributed by atoms with E-state index < -0.39 is 12.0 Å². The molecule has 0 fully saturated rings. The molecule has 1 aliphatic heterocycles. The van der Waals surface area contributed by atoms with Crippen molar-refractivity contribution in [2.75, 3.05) is 20.8 Å². The van der Waals surface area contributed by atoms with Crippen LogP contribution in [-0.2, 0) is 16.1 Å². The number of rotatable bonds is 11. The van der Waals surface area contributed by atoms with Gasteiger partial charge < -0.3 is 18.9 Å². The Labute approximate surface area is 276 Å². The SMILES string of the molecule is CCCC1=C(C(=O)OCC)[C@H](c2cc(OC)ccc2OC)n2c(s/c(=C\c3c(OCc4ccccc4)ccc4ccccc34)c2=O)=N1. The molecule has 8 nitrogen and oxygen atoms in total. The van der Waals surface area contributed by atoms with Crippen LogP contribution in [0, 0.1) is 0 Å². The molecule has 0 aliphatic carbocycles. The lowest BCUT2D eigenvalue weighted by atomic mass is 9.93. The van der Waals surface area contributed by atoms with E-state index in [1.165, 1.54) is 11.3 Å². The van der Waals surface area contributed by atoms with E-state index in [9.17, 15) is 9.59 Å². The first-order chi connectivity index (χ1) is 23.0. The lowest BCUT2D eigenvalue weighted by Crippen LogP contribution is -2.40. The van der Waals surface area contributed by atoms with Crippen molar-refractivity contribution in [3.05, 3.63) is 133 Å². The Morgan fingerprint density at radius 3 is 2.45 bits per heavy atom. The van der Waals surface area contributed by atoms with Crippen molar-refractivity contribution in [2.45, 2.75) is 39.3 Å². The minimum Gasteiger partial charge on any atom is -0.497 e. The molecule has 9 heteroatoms. The molecule has 2 heterocycles. The van der Waals surface area contributed by atoms with E-state index in [1.54, 1.807) is 43.9 Å². The molecule has 0 saturated carbocycles. The van der Waals surface area contributed by atoms with Crippen LogP contribution in [0.3, 0.4) is 0 Å². The van der Waals surface area contributed by atoms with Gasteiger partial charge in [0.05, 0.1) is 36.6 Å². The molecular weight excluding hydrogens is 612 g/mol. The molecule has 0 spiro atoms. The van der Waals surface area contributed by atoms with Crippen molar-refractivity contribution in [3.63, 3.8) is 0 Å². The maximum absolute atomic E-state index is 14.6. The van der Waals surface area contributed by atoms with E-state index in [0.29, 0.717) is 56.4 Å². The van der Waals surface area contributed by atoms with Gasteiger partial charge in [0.15, 0.2) is 4.80 Å². The van der Waals surface area contributed by atoms with Gasteiger partial charge in [0.2, 0.25) is 0 Å². The van der Waals surface area contributed by atoms with Crippen LogP contribution < -0.4 is 29.1 Å². The summed E-state index contributed by atoms with van der Waals surface area (Å²) < 4.78 is 25.3. The van der Waals surface area contributed by atoms with Gasteiger partial charge in [-0.15, -0.1) is 0 Å². The Morgan fingerprint density at radius 1 is 0.936 bits per heavy atom. The number of carbonyl (C=O) groups is 1. The fourth-order valence-corrected chi connectivity index (χ4v) is 6.89. The smallest absolute Gasteiger partial charge is 0.338 e. The molecule has 6 rings (SSSR count).